The van der Waals surface area contributed by atoms with Gasteiger partial charge in [-0.2, -0.15) is 0 Å². The average molecular weight is 251 g/mol. The summed E-state index contributed by atoms with van der Waals surface area (Å²) in [5.41, 5.74) is 0. The van der Waals surface area contributed by atoms with Gasteiger partial charge in [0.15, 0.2) is 0 Å². The van der Waals surface area contributed by atoms with E-state index in [0.29, 0.717) is 6.04 Å². The van der Waals surface area contributed by atoms with Crippen molar-refractivity contribution in [3.8, 4) is 0 Å². The Labute approximate surface area is 108 Å². The van der Waals surface area contributed by atoms with Gasteiger partial charge in [-0.15, -0.1) is 11.8 Å². The van der Waals surface area contributed by atoms with Gasteiger partial charge in [-0.3, -0.25) is 0 Å². The summed E-state index contributed by atoms with van der Waals surface area (Å²) in [5.74, 6) is 2.50. The summed E-state index contributed by atoms with van der Waals surface area (Å²) in [5, 5.41) is 4.60. The lowest BCUT2D eigenvalue weighted by atomic mass is 9.78. The second kappa shape index (κ2) is 5.71. The molecular weight excluding hydrogens is 230 g/mol. The van der Waals surface area contributed by atoms with Crippen molar-refractivity contribution in [3.05, 3.63) is 12.4 Å². The van der Waals surface area contributed by atoms with Crippen LogP contribution < -0.4 is 5.32 Å². The molecule has 0 aromatic carbocycles. The van der Waals surface area contributed by atoms with Crippen molar-refractivity contribution >= 4 is 17.6 Å². The summed E-state index contributed by atoms with van der Waals surface area (Å²) in [6, 6.07) is 2.60. The standard InChI is InChI=1S/C13H21N3S/c1-9-5-4-6-11(10(9)2)16-12-7-13(17-3)15-8-14-12/h7-11H,4-6H2,1-3H3,(H,14,15,16). The zero-order valence-electron chi connectivity index (χ0n) is 10.8. The molecule has 0 bridgehead atoms. The number of thioether (sulfide) groups is 1. The van der Waals surface area contributed by atoms with Crippen LogP contribution in [0.15, 0.2) is 17.4 Å². The Kier molecular flexibility index (Phi) is 4.26. The molecule has 1 heterocycles. The third-order valence-corrected chi connectivity index (χ3v) is 4.53. The van der Waals surface area contributed by atoms with Gasteiger partial charge in [0.05, 0.1) is 0 Å². The second-order valence-electron chi connectivity index (χ2n) is 4.96. The van der Waals surface area contributed by atoms with Gasteiger partial charge in [-0.25, -0.2) is 9.97 Å². The second-order valence-corrected chi connectivity index (χ2v) is 5.79. The van der Waals surface area contributed by atoms with Gasteiger partial charge >= 0.3 is 0 Å². The molecule has 4 heteroatoms. The molecule has 0 saturated heterocycles. The van der Waals surface area contributed by atoms with E-state index in [1.807, 2.05) is 12.3 Å². The lowest BCUT2D eigenvalue weighted by Crippen LogP contribution is -2.35. The van der Waals surface area contributed by atoms with Crippen molar-refractivity contribution in [1.82, 2.24) is 9.97 Å². The normalized spacial score (nSPS) is 29.0. The molecular formula is C13H21N3S. The van der Waals surface area contributed by atoms with E-state index in [4.69, 9.17) is 0 Å². The van der Waals surface area contributed by atoms with E-state index < -0.39 is 0 Å². The van der Waals surface area contributed by atoms with E-state index in [1.165, 1.54) is 19.3 Å². The van der Waals surface area contributed by atoms with E-state index in [-0.39, 0.29) is 0 Å². The van der Waals surface area contributed by atoms with Crippen LogP contribution in [0.3, 0.4) is 0 Å². The van der Waals surface area contributed by atoms with Gasteiger partial charge in [0.1, 0.15) is 17.2 Å². The molecule has 3 nitrogen and oxygen atoms in total. The fourth-order valence-corrected chi connectivity index (χ4v) is 2.89. The van der Waals surface area contributed by atoms with Crippen molar-refractivity contribution in [2.75, 3.05) is 11.6 Å². The molecule has 0 spiro atoms. The fraction of sp³-hybridized carbons (Fsp3) is 0.692. The quantitative estimate of drug-likeness (QED) is 0.659. The molecule has 0 amide bonds. The van der Waals surface area contributed by atoms with E-state index in [9.17, 15) is 0 Å². The van der Waals surface area contributed by atoms with Crippen molar-refractivity contribution < 1.29 is 0 Å². The number of hydrogen-bond acceptors (Lipinski definition) is 4. The molecule has 1 fully saturated rings. The molecule has 0 radical (unpaired) electrons. The molecule has 1 aromatic heterocycles. The summed E-state index contributed by atoms with van der Waals surface area (Å²) in [7, 11) is 0. The lowest BCUT2D eigenvalue weighted by molar-refractivity contribution is 0.253. The maximum Gasteiger partial charge on any atom is 0.130 e. The third-order valence-electron chi connectivity index (χ3n) is 3.89. The van der Waals surface area contributed by atoms with Crippen LogP contribution in [0.2, 0.25) is 0 Å². The number of nitrogens with one attached hydrogen (secondary N) is 1. The Morgan fingerprint density at radius 1 is 1.29 bits per heavy atom. The largest absolute Gasteiger partial charge is 0.367 e. The molecule has 0 aliphatic heterocycles. The molecule has 2 rings (SSSR count). The van der Waals surface area contributed by atoms with Crippen LogP contribution in [-0.2, 0) is 0 Å². The first-order valence-electron chi connectivity index (χ1n) is 6.33. The van der Waals surface area contributed by atoms with Crippen LogP contribution in [0, 0.1) is 11.8 Å². The first-order chi connectivity index (χ1) is 8.20. The van der Waals surface area contributed by atoms with Crippen LogP contribution in [0.5, 0.6) is 0 Å². The highest BCUT2D eigenvalue weighted by molar-refractivity contribution is 7.98. The Bertz CT molecular complexity index is 369. The molecule has 1 aliphatic rings. The molecule has 94 valence electrons. The van der Waals surface area contributed by atoms with Crippen molar-refractivity contribution in [2.45, 2.75) is 44.2 Å². The lowest BCUT2D eigenvalue weighted by Gasteiger charge is -2.34. The summed E-state index contributed by atoms with van der Waals surface area (Å²) in [4.78, 5) is 8.50. The number of rotatable bonds is 3. The van der Waals surface area contributed by atoms with E-state index >= 15 is 0 Å². The smallest absolute Gasteiger partial charge is 0.130 e. The van der Waals surface area contributed by atoms with E-state index in [1.54, 1.807) is 18.1 Å². The molecule has 17 heavy (non-hydrogen) atoms. The van der Waals surface area contributed by atoms with Gasteiger partial charge in [-0.05, 0) is 24.5 Å². The zero-order chi connectivity index (χ0) is 12.3. The van der Waals surface area contributed by atoms with Crippen molar-refractivity contribution in [1.29, 1.82) is 0 Å². The highest BCUT2D eigenvalue weighted by atomic mass is 32.2. The maximum absolute atomic E-state index is 4.31. The topological polar surface area (TPSA) is 37.8 Å². The third kappa shape index (κ3) is 3.12. The minimum atomic E-state index is 0.559. The Hall–Kier alpha value is -0.770. The van der Waals surface area contributed by atoms with E-state index in [2.05, 4.69) is 29.1 Å². The van der Waals surface area contributed by atoms with Gasteiger partial charge in [0.2, 0.25) is 0 Å². The predicted molar refractivity (Wildman–Crippen MR) is 73.4 cm³/mol. The molecule has 1 aliphatic carbocycles. The molecule has 1 saturated carbocycles. The SMILES string of the molecule is CSc1cc(NC2CCCC(C)C2C)ncn1. The van der Waals surface area contributed by atoms with Crippen LogP contribution in [0.1, 0.15) is 33.1 Å². The first kappa shape index (κ1) is 12.7. The van der Waals surface area contributed by atoms with Crippen LogP contribution in [0.4, 0.5) is 5.82 Å². The zero-order valence-corrected chi connectivity index (χ0v) is 11.6. The summed E-state index contributed by atoms with van der Waals surface area (Å²) < 4.78 is 0. The van der Waals surface area contributed by atoms with Gasteiger partial charge in [0, 0.05) is 12.1 Å². The van der Waals surface area contributed by atoms with Crippen molar-refractivity contribution in [2.24, 2.45) is 11.8 Å². The minimum Gasteiger partial charge on any atom is -0.367 e. The fourth-order valence-electron chi connectivity index (χ4n) is 2.51. The van der Waals surface area contributed by atoms with Crippen molar-refractivity contribution in [3.63, 3.8) is 0 Å². The Morgan fingerprint density at radius 3 is 2.88 bits per heavy atom. The molecule has 3 unspecified atom stereocenters. The number of nitrogens with zero attached hydrogens (tertiary/aromatic N) is 2. The number of anilines is 1. The predicted octanol–water partition coefficient (Wildman–Crippen LogP) is 3.44. The van der Waals surface area contributed by atoms with Crippen LogP contribution in [0.25, 0.3) is 0 Å². The summed E-state index contributed by atoms with van der Waals surface area (Å²) >= 11 is 1.66. The highest BCUT2D eigenvalue weighted by Crippen LogP contribution is 2.31. The van der Waals surface area contributed by atoms with Crippen LogP contribution in [-0.4, -0.2) is 22.3 Å². The molecule has 1 aromatic rings. The average Bonchev–Trinajstić information content (AvgIpc) is 2.35. The first-order valence-corrected chi connectivity index (χ1v) is 7.55. The van der Waals surface area contributed by atoms with Gasteiger partial charge in [-0.1, -0.05) is 26.7 Å². The number of hydrogen-bond donors (Lipinski definition) is 1. The summed E-state index contributed by atoms with van der Waals surface area (Å²) in [6.07, 6.45) is 7.62. The summed E-state index contributed by atoms with van der Waals surface area (Å²) in [6.45, 7) is 4.70. The molecule has 3 atom stereocenters. The van der Waals surface area contributed by atoms with Gasteiger partial charge < -0.3 is 5.32 Å². The van der Waals surface area contributed by atoms with Gasteiger partial charge in [0.25, 0.3) is 0 Å². The minimum absolute atomic E-state index is 0.559. The van der Waals surface area contributed by atoms with E-state index in [0.717, 1.165) is 22.7 Å². The monoisotopic (exact) mass is 251 g/mol. The Morgan fingerprint density at radius 2 is 2.12 bits per heavy atom. The molecule has 1 N–H and O–H groups in total. The Balaban J connectivity index is 2.04. The number of aromatic nitrogens is 2. The maximum atomic E-state index is 4.31. The van der Waals surface area contributed by atoms with Crippen LogP contribution >= 0.6 is 11.8 Å². The highest BCUT2D eigenvalue weighted by Gasteiger charge is 2.27.